The number of halogens is 1. The highest BCUT2D eigenvalue weighted by Gasteiger charge is 2.20. The van der Waals surface area contributed by atoms with Gasteiger partial charge in [-0.3, -0.25) is 0 Å². The van der Waals surface area contributed by atoms with Gasteiger partial charge in [0.1, 0.15) is 6.10 Å². The van der Waals surface area contributed by atoms with Gasteiger partial charge in [-0.25, -0.2) is 0 Å². The quantitative estimate of drug-likeness (QED) is 0.788. The smallest absolute Gasteiger partial charge is 0.104 e. The van der Waals surface area contributed by atoms with Gasteiger partial charge in [-0.2, -0.15) is 0 Å². The molecule has 0 bridgehead atoms. The van der Waals surface area contributed by atoms with Crippen molar-refractivity contribution in [1.29, 1.82) is 0 Å². The molecule has 1 unspecified atom stereocenters. The van der Waals surface area contributed by atoms with Crippen LogP contribution in [0.15, 0.2) is 40.9 Å². The topological polar surface area (TPSA) is 20.2 Å². The van der Waals surface area contributed by atoms with Gasteiger partial charge in [0.05, 0.1) is 0 Å². The summed E-state index contributed by atoms with van der Waals surface area (Å²) in [4.78, 5) is 0. The van der Waals surface area contributed by atoms with E-state index in [0.717, 1.165) is 32.6 Å². The van der Waals surface area contributed by atoms with Gasteiger partial charge in [0.2, 0.25) is 0 Å². The van der Waals surface area contributed by atoms with Crippen LogP contribution < -0.4 is 0 Å². The molecule has 1 atom stereocenters. The normalized spacial score (nSPS) is 16.6. The zero-order chi connectivity index (χ0) is 15.0. The van der Waals surface area contributed by atoms with E-state index >= 15 is 0 Å². The van der Waals surface area contributed by atoms with Crippen molar-refractivity contribution in [3.05, 3.63) is 68.7 Å². The summed E-state index contributed by atoms with van der Waals surface area (Å²) in [6.07, 6.45) is 3.43. The van der Waals surface area contributed by atoms with Gasteiger partial charge in [-0.05, 0) is 60.4 Å². The fourth-order valence-electron chi connectivity index (χ4n) is 3.02. The highest BCUT2D eigenvalue weighted by atomic mass is 79.9. The van der Waals surface area contributed by atoms with Gasteiger partial charge in [0.25, 0.3) is 0 Å². The predicted octanol–water partition coefficient (Wildman–Crippen LogP) is 5.42. The zero-order valence-electron chi connectivity index (χ0n) is 12.6. The van der Waals surface area contributed by atoms with Gasteiger partial charge < -0.3 is 5.11 Å². The van der Waals surface area contributed by atoms with Gasteiger partial charge in [0.15, 0.2) is 0 Å². The fraction of sp³-hybridized carbons (Fsp3) is 0.368. The second kappa shape index (κ2) is 5.94. The van der Waals surface area contributed by atoms with Crippen molar-refractivity contribution in [1.82, 2.24) is 0 Å². The van der Waals surface area contributed by atoms with Crippen LogP contribution in [0.1, 0.15) is 59.1 Å². The van der Waals surface area contributed by atoms with E-state index in [0.29, 0.717) is 0 Å². The predicted molar refractivity (Wildman–Crippen MR) is 90.7 cm³/mol. The van der Waals surface area contributed by atoms with Gasteiger partial charge in [0, 0.05) is 4.47 Å². The molecule has 2 aromatic carbocycles. The summed E-state index contributed by atoms with van der Waals surface area (Å²) in [6.45, 7) is 4.12. The summed E-state index contributed by atoms with van der Waals surface area (Å²) in [5, 5.41) is 10.6. The molecule has 1 aliphatic carbocycles. The minimum atomic E-state index is -0.550. The SMILES string of the molecule is Cc1cc(C(O)c2ccc(C3CCC3)cc2)cc(C)c1Br. The number of benzene rings is 2. The van der Waals surface area contributed by atoms with Crippen molar-refractivity contribution >= 4 is 15.9 Å². The van der Waals surface area contributed by atoms with Crippen LogP contribution in [0.3, 0.4) is 0 Å². The van der Waals surface area contributed by atoms with E-state index < -0.39 is 6.10 Å². The van der Waals surface area contributed by atoms with Crippen molar-refractivity contribution in [3.63, 3.8) is 0 Å². The molecular formula is C19H21BrO. The molecular weight excluding hydrogens is 324 g/mol. The molecule has 1 nitrogen and oxygen atoms in total. The van der Waals surface area contributed by atoms with Gasteiger partial charge >= 0.3 is 0 Å². The third-order valence-corrected chi connectivity index (χ3v) is 5.85. The highest BCUT2D eigenvalue weighted by Crippen LogP contribution is 2.37. The number of hydrogen-bond donors (Lipinski definition) is 1. The molecule has 0 heterocycles. The molecule has 0 saturated heterocycles. The minimum absolute atomic E-state index is 0.550. The standard InChI is InChI=1S/C19H21BrO/c1-12-10-17(11-13(2)18(12)20)19(21)16-8-6-15(7-9-16)14-4-3-5-14/h6-11,14,19,21H,3-5H2,1-2H3. The Morgan fingerprint density at radius 3 is 2.05 bits per heavy atom. The third-order valence-electron chi connectivity index (χ3n) is 4.60. The van der Waals surface area contributed by atoms with Crippen molar-refractivity contribution in [3.8, 4) is 0 Å². The second-order valence-electron chi connectivity index (χ2n) is 6.17. The number of hydrogen-bond acceptors (Lipinski definition) is 1. The first kappa shape index (κ1) is 14.8. The van der Waals surface area contributed by atoms with Crippen molar-refractivity contribution in [2.24, 2.45) is 0 Å². The molecule has 2 aromatic rings. The lowest BCUT2D eigenvalue weighted by Gasteiger charge is -2.26. The first-order valence-corrected chi connectivity index (χ1v) is 8.40. The molecule has 21 heavy (non-hydrogen) atoms. The van der Waals surface area contributed by atoms with Crippen molar-refractivity contribution in [2.75, 3.05) is 0 Å². The van der Waals surface area contributed by atoms with Crippen LogP contribution in [0.25, 0.3) is 0 Å². The molecule has 1 saturated carbocycles. The van der Waals surface area contributed by atoms with E-state index in [1.165, 1.54) is 24.8 Å². The van der Waals surface area contributed by atoms with E-state index in [1.807, 2.05) is 0 Å². The third kappa shape index (κ3) is 2.93. The number of aliphatic hydroxyl groups excluding tert-OH is 1. The van der Waals surface area contributed by atoms with Gasteiger partial charge in [-0.1, -0.05) is 58.7 Å². The summed E-state index contributed by atoms with van der Waals surface area (Å²) in [5.74, 6) is 0.744. The highest BCUT2D eigenvalue weighted by molar-refractivity contribution is 9.10. The Labute approximate surface area is 135 Å². The van der Waals surface area contributed by atoms with Crippen LogP contribution in [-0.2, 0) is 0 Å². The maximum atomic E-state index is 10.6. The summed E-state index contributed by atoms with van der Waals surface area (Å²) >= 11 is 3.58. The van der Waals surface area contributed by atoms with Crippen molar-refractivity contribution in [2.45, 2.75) is 45.1 Å². The molecule has 0 aromatic heterocycles. The molecule has 1 aliphatic rings. The molecule has 0 amide bonds. The van der Waals surface area contributed by atoms with E-state index in [2.05, 4.69) is 66.2 Å². The molecule has 1 N–H and O–H groups in total. The zero-order valence-corrected chi connectivity index (χ0v) is 14.2. The lowest BCUT2D eigenvalue weighted by molar-refractivity contribution is 0.220. The monoisotopic (exact) mass is 344 g/mol. The molecule has 2 heteroatoms. The fourth-order valence-corrected chi connectivity index (χ4v) is 3.25. The summed E-state index contributed by atoms with van der Waals surface area (Å²) < 4.78 is 1.12. The Bertz CT molecular complexity index is 618. The largest absolute Gasteiger partial charge is 0.384 e. The maximum Gasteiger partial charge on any atom is 0.104 e. The minimum Gasteiger partial charge on any atom is -0.384 e. The first-order valence-electron chi connectivity index (χ1n) is 7.61. The molecule has 0 spiro atoms. The molecule has 3 rings (SSSR count). The average Bonchev–Trinajstić information content (AvgIpc) is 2.42. The molecule has 110 valence electrons. The van der Waals surface area contributed by atoms with E-state index in [4.69, 9.17) is 0 Å². The summed E-state index contributed by atoms with van der Waals surface area (Å²) in [6, 6.07) is 12.6. The van der Waals surface area contributed by atoms with E-state index in [9.17, 15) is 5.11 Å². The second-order valence-corrected chi connectivity index (χ2v) is 6.96. The molecule has 0 radical (unpaired) electrons. The Morgan fingerprint density at radius 2 is 1.57 bits per heavy atom. The first-order chi connectivity index (χ1) is 10.1. The van der Waals surface area contributed by atoms with Crippen LogP contribution in [0, 0.1) is 13.8 Å². The maximum absolute atomic E-state index is 10.6. The van der Waals surface area contributed by atoms with Crippen LogP contribution >= 0.6 is 15.9 Å². The van der Waals surface area contributed by atoms with E-state index in [1.54, 1.807) is 0 Å². The van der Waals surface area contributed by atoms with E-state index in [-0.39, 0.29) is 0 Å². The summed E-state index contributed by atoms with van der Waals surface area (Å²) in [5.41, 5.74) is 5.68. The number of aliphatic hydroxyl groups is 1. The molecule has 0 aliphatic heterocycles. The van der Waals surface area contributed by atoms with Crippen LogP contribution in [0.4, 0.5) is 0 Å². The van der Waals surface area contributed by atoms with Gasteiger partial charge in [-0.15, -0.1) is 0 Å². The number of rotatable bonds is 3. The number of aryl methyl sites for hydroxylation is 2. The van der Waals surface area contributed by atoms with Crippen LogP contribution in [-0.4, -0.2) is 5.11 Å². The van der Waals surface area contributed by atoms with Crippen molar-refractivity contribution < 1.29 is 5.11 Å². The Kier molecular flexibility index (Phi) is 4.19. The average molecular weight is 345 g/mol. The Hall–Kier alpha value is -1.12. The summed E-state index contributed by atoms with van der Waals surface area (Å²) in [7, 11) is 0. The Morgan fingerprint density at radius 1 is 1.00 bits per heavy atom. The van der Waals surface area contributed by atoms with Crippen LogP contribution in [0.5, 0.6) is 0 Å². The lowest BCUT2D eigenvalue weighted by Crippen LogP contribution is -2.09. The Balaban J connectivity index is 1.85. The van der Waals surface area contributed by atoms with Crippen LogP contribution in [0.2, 0.25) is 0 Å². The molecule has 1 fully saturated rings. The lowest BCUT2D eigenvalue weighted by atomic mass is 9.80.